The van der Waals surface area contributed by atoms with Crippen molar-refractivity contribution in [1.82, 2.24) is 9.97 Å². The summed E-state index contributed by atoms with van der Waals surface area (Å²) in [6.07, 6.45) is 4.99. The Morgan fingerprint density at radius 2 is 2.05 bits per heavy atom. The summed E-state index contributed by atoms with van der Waals surface area (Å²) in [5.41, 5.74) is 1.01. The topological polar surface area (TPSA) is 49.8 Å². The number of hydrogen-bond donors (Lipinski definition) is 2. The van der Waals surface area contributed by atoms with Gasteiger partial charge in [0, 0.05) is 24.3 Å². The van der Waals surface area contributed by atoms with Gasteiger partial charge in [-0.3, -0.25) is 0 Å². The molecule has 3 unspecified atom stereocenters. The average Bonchev–Trinajstić information content (AvgIpc) is 2.41. The van der Waals surface area contributed by atoms with Gasteiger partial charge < -0.3 is 10.6 Å². The molecule has 1 fully saturated rings. The molecule has 1 aromatic heterocycles. The van der Waals surface area contributed by atoms with Crippen molar-refractivity contribution in [1.29, 1.82) is 0 Å². The maximum Gasteiger partial charge on any atom is 0.224 e. The molecule has 0 bridgehead atoms. The van der Waals surface area contributed by atoms with Crippen molar-refractivity contribution < 1.29 is 0 Å². The highest BCUT2D eigenvalue weighted by Gasteiger charge is 2.27. The van der Waals surface area contributed by atoms with Crippen molar-refractivity contribution in [2.45, 2.75) is 59.4 Å². The molecule has 0 radical (unpaired) electrons. The van der Waals surface area contributed by atoms with E-state index in [4.69, 9.17) is 0 Å². The molecular formula is C16H28N4. The standard InChI is InChI=1S/C16H28N4/c1-5-9-17-16-18-12(3)10-15(20-16)19-14-8-6-7-11(2)13(14)4/h10-11,13-14H,5-9H2,1-4H3,(H2,17,18,19,20). The fraction of sp³-hybridized carbons (Fsp3) is 0.750. The van der Waals surface area contributed by atoms with Crippen LogP contribution in [0.2, 0.25) is 0 Å². The van der Waals surface area contributed by atoms with E-state index in [1.807, 2.05) is 13.0 Å². The van der Waals surface area contributed by atoms with Crippen LogP contribution in [-0.4, -0.2) is 22.6 Å². The van der Waals surface area contributed by atoms with Gasteiger partial charge in [-0.05, 0) is 31.6 Å². The van der Waals surface area contributed by atoms with E-state index in [-0.39, 0.29) is 0 Å². The van der Waals surface area contributed by atoms with Crippen LogP contribution >= 0.6 is 0 Å². The number of aromatic nitrogens is 2. The zero-order valence-electron chi connectivity index (χ0n) is 13.2. The molecule has 4 heteroatoms. The van der Waals surface area contributed by atoms with Gasteiger partial charge in [0.25, 0.3) is 0 Å². The lowest BCUT2D eigenvalue weighted by Crippen LogP contribution is -2.35. The lowest BCUT2D eigenvalue weighted by molar-refractivity contribution is 0.253. The summed E-state index contributed by atoms with van der Waals surface area (Å²) in [7, 11) is 0. The van der Waals surface area contributed by atoms with Crippen LogP contribution in [0.15, 0.2) is 6.07 Å². The van der Waals surface area contributed by atoms with Crippen LogP contribution in [-0.2, 0) is 0 Å². The zero-order valence-corrected chi connectivity index (χ0v) is 13.2. The van der Waals surface area contributed by atoms with Crippen molar-refractivity contribution in [3.63, 3.8) is 0 Å². The molecule has 1 saturated carbocycles. The van der Waals surface area contributed by atoms with Crippen LogP contribution in [0.3, 0.4) is 0 Å². The molecule has 2 rings (SSSR count). The van der Waals surface area contributed by atoms with Crippen LogP contribution in [0.1, 0.15) is 52.1 Å². The SMILES string of the molecule is CCCNc1nc(C)cc(NC2CCCC(C)C2C)n1. The lowest BCUT2D eigenvalue weighted by atomic mass is 9.78. The molecule has 1 heterocycles. The molecule has 1 aliphatic carbocycles. The van der Waals surface area contributed by atoms with Crippen molar-refractivity contribution in [2.24, 2.45) is 11.8 Å². The third-order valence-corrected chi connectivity index (χ3v) is 4.43. The van der Waals surface area contributed by atoms with Crippen LogP contribution < -0.4 is 10.6 Å². The molecule has 0 aliphatic heterocycles. The first-order valence-electron chi connectivity index (χ1n) is 7.96. The number of aryl methyl sites for hydroxylation is 1. The highest BCUT2D eigenvalue weighted by atomic mass is 15.1. The predicted molar refractivity (Wildman–Crippen MR) is 85.1 cm³/mol. The van der Waals surface area contributed by atoms with Gasteiger partial charge >= 0.3 is 0 Å². The van der Waals surface area contributed by atoms with Gasteiger partial charge in [-0.2, -0.15) is 4.98 Å². The second-order valence-corrected chi connectivity index (χ2v) is 6.16. The summed E-state index contributed by atoms with van der Waals surface area (Å²) in [4.78, 5) is 9.03. The Morgan fingerprint density at radius 3 is 2.80 bits per heavy atom. The van der Waals surface area contributed by atoms with Crippen LogP contribution in [0.4, 0.5) is 11.8 Å². The first kappa shape index (κ1) is 15.1. The molecule has 1 aromatic rings. The van der Waals surface area contributed by atoms with Crippen LogP contribution in [0.5, 0.6) is 0 Å². The molecule has 20 heavy (non-hydrogen) atoms. The minimum atomic E-state index is 0.534. The second kappa shape index (κ2) is 6.91. The summed E-state index contributed by atoms with van der Waals surface area (Å²) >= 11 is 0. The van der Waals surface area contributed by atoms with E-state index < -0.39 is 0 Å². The molecule has 112 valence electrons. The molecular weight excluding hydrogens is 248 g/mol. The van der Waals surface area contributed by atoms with Crippen molar-refractivity contribution in [3.05, 3.63) is 11.8 Å². The Kier molecular flexibility index (Phi) is 5.21. The van der Waals surface area contributed by atoms with E-state index >= 15 is 0 Å². The first-order chi connectivity index (χ1) is 9.60. The van der Waals surface area contributed by atoms with E-state index in [1.54, 1.807) is 0 Å². The largest absolute Gasteiger partial charge is 0.367 e. The van der Waals surface area contributed by atoms with Gasteiger partial charge in [0.1, 0.15) is 5.82 Å². The number of anilines is 2. The number of nitrogens with zero attached hydrogens (tertiary/aromatic N) is 2. The fourth-order valence-corrected chi connectivity index (χ4v) is 2.93. The van der Waals surface area contributed by atoms with E-state index in [9.17, 15) is 0 Å². The predicted octanol–water partition coefficient (Wildman–Crippen LogP) is 3.84. The second-order valence-electron chi connectivity index (χ2n) is 6.16. The molecule has 0 aromatic carbocycles. The lowest BCUT2D eigenvalue weighted by Gasteiger charge is -2.35. The first-order valence-corrected chi connectivity index (χ1v) is 7.96. The van der Waals surface area contributed by atoms with E-state index in [0.717, 1.165) is 36.3 Å². The van der Waals surface area contributed by atoms with Gasteiger partial charge in [-0.25, -0.2) is 4.98 Å². The molecule has 0 amide bonds. The molecule has 0 spiro atoms. The summed E-state index contributed by atoms with van der Waals surface area (Å²) in [5, 5.41) is 6.90. The van der Waals surface area contributed by atoms with Gasteiger partial charge in [0.05, 0.1) is 0 Å². The zero-order chi connectivity index (χ0) is 14.5. The van der Waals surface area contributed by atoms with Crippen LogP contribution in [0, 0.1) is 18.8 Å². The monoisotopic (exact) mass is 276 g/mol. The number of nitrogens with one attached hydrogen (secondary N) is 2. The summed E-state index contributed by atoms with van der Waals surface area (Å²) in [6.45, 7) is 9.80. The minimum Gasteiger partial charge on any atom is -0.367 e. The van der Waals surface area contributed by atoms with Crippen LogP contribution in [0.25, 0.3) is 0 Å². The Labute approximate surface area is 122 Å². The maximum atomic E-state index is 4.59. The molecule has 4 nitrogen and oxygen atoms in total. The number of hydrogen-bond acceptors (Lipinski definition) is 4. The summed E-state index contributed by atoms with van der Waals surface area (Å²) < 4.78 is 0. The molecule has 0 saturated heterocycles. The van der Waals surface area contributed by atoms with Crippen molar-refractivity contribution >= 4 is 11.8 Å². The maximum absolute atomic E-state index is 4.59. The van der Waals surface area contributed by atoms with Gasteiger partial charge in [-0.1, -0.05) is 33.6 Å². The van der Waals surface area contributed by atoms with E-state index in [1.165, 1.54) is 19.3 Å². The highest BCUT2D eigenvalue weighted by molar-refractivity contribution is 5.43. The van der Waals surface area contributed by atoms with Gasteiger partial charge in [0.2, 0.25) is 5.95 Å². The van der Waals surface area contributed by atoms with Gasteiger partial charge in [0.15, 0.2) is 0 Å². The van der Waals surface area contributed by atoms with E-state index in [2.05, 4.69) is 41.4 Å². The normalized spacial score (nSPS) is 26.3. The highest BCUT2D eigenvalue weighted by Crippen LogP contribution is 2.31. The molecule has 1 aliphatic rings. The molecule has 3 atom stereocenters. The summed E-state index contributed by atoms with van der Waals surface area (Å²) in [5.74, 6) is 3.20. The quantitative estimate of drug-likeness (QED) is 0.858. The Hall–Kier alpha value is -1.32. The smallest absolute Gasteiger partial charge is 0.224 e. The third-order valence-electron chi connectivity index (χ3n) is 4.43. The Bertz CT molecular complexity index is 432. The minimum absolute atomic E-state index is 0.534. The molecule has 2 N–H and O–H groups in total. The van der Waals surface area contributed by atoms with Crippen molar-refractivity contribution in [2.75, 3.05) is 17.2 Å². The fourth-order valence-electron chi connectivity index (χ4n) is 2.93. The van der Waals surface area contributed by atoms with E-state index in [0.29, 0.717) is 12.0 Å². The Morgan fingerprint density at radius 1 is 1.25 bits per heavy atom. The van der Waals surface area contributed by atoms with Crippen molar-refractivity contribution in [3.8, 4) is 0 Å². The Balaban J connectivity index is 2.06. The van der Waals surface area contributed by atoms with Gasteiger partial charge in [-0.15, -0.1) is 0 Å². The summed E-state index contributed by atoms with van der Waals surface area (Å²) in [6, 6.07) is 2.58. The third kappa shape index (κ3) is 3.84. The number of rotatable bonds is 5. The average molecular weight is 276 g/mol.